The Morgan fingerprint density at radius 3 is 2.54 bits per heavy atom. The summed E-state index contributed by atoms with van der Waals surface area (Å²) in [5.41, 5.74) is 8.33. The van der Waals surface area contributed by atoms with Gasteiger partial charge in [-0.15, -0.1) is 0 Å². The van der Waals surface area contributed by atoms with E-state index in [4.69, 9.17) is 5.73 Å². The summed E-state index contributed by atoms with van der Waals surface area (Å²) < 4.78 is 0. The molecule has 5 nitrogen and oxygen atoms in total. The van der Waals surface area contributed by atoms with Crippen LogP contribution in [0.25, 0.3) is 11.1 Å². The van der Waals surface area contributed by atoms with Crippen LogP contribution in [-0.4, -0.2) is 30.9 Å². The summed E-state index contributed by atoms with van der Waals surface area (Å²) in [6.45, 7) is 3.43. The first kappa shape index (κ1) is 18.1. The Labute approximate surface area is 154 Å². The maximum absolute atomic E-state index is 12.8. The molecule has 0 saturated carbocycles. The van der Waals surface area contributed by atoms with E-state index in [0.717, 1.165) is 41.1 Å². The van der Waals surface area contributed by atoms with Gasteiger partial charge >= 0.3 is 0 Å². The van der Waals surface area contributed by atoms with E-state index in [1.54, 1.807) is 0 Å². The van der Waals surface area contributed by atoms with Gasteiger partial charge < -0.3 is 16.0 Å². The zero-order chi connectivity index (χ0) is 18.5. The summed E-state index contributed by atoms with van der Waals surface area (Å²) in [6, 6.07) is 17.6. The largest absolute Gasteiger partial charge is 0.369 e. The zero-order valence-corrected chi connectivity index (χ0v) is 15.1. The molecule has 2 aromatic rings. The van der Waals surface area contributed by atoms with Crippen molar-refractivity contribution in [2.75, 3.05) is 18.4 Å². The van der Waals surface area contributed by atoms with Crippen LogP contribution in [0.4, 0.5) is 5.69 Å². The highest BCUT2D eigenvalue weighted by molar-refractivity contribution is 5.97. The van der Waals surface area contributed by atoms with Gasteiger partial charge in [0.15, 0.2) is 6.04 Å². The molecular weight excluding hydrogens is 326 g/mol. The molecule has 1 aliphatic heterocycles. The van der Waals surface area contributed by atoms with E-state index in [1.165, 1.54) is 0 Å². The summed E-state index contributed by atoms with van der Waals surface area (Å²) in [5, 5.41) is 3.07. The molecule has 5 heteroatoms. The molecule has 3 atom stereocenters. The lowest BCUT2D eigenvalue weighted by Gasteiger charge is -2.32. The van der Waals surface area contributed by atoms with Gasteiger partial charge in [-0.25, -0.2) is 0 Å². The number of rotatable bonds is 5. The first-order valence-corrected chi connectivity index (χ1v) is 9.15. The maximum atomic E-state index is 12.8. The van der Waals surface area contributed by atoms with Crippen LogP contribution < -0.4 is 16.0 Å². The number of hydrogen-bond acceptors (Lipinski definition) is 2. The molecular formula is C21H26N3O2+. The fourth-order valence-corrected chi connectivity index (χ4v) is 3.62. The predicted molar refractivity (Wildman–Crippen MR) is 103 cm³/mol. The molecule has 3 rings (SSSR count). The number of primary amides is 1. The number of hydrogen-bond donors (Lipinski definition) is 3. The second-order valence-corrected chi connectivity index (χ2v) is 6.98. The normalized spacial score (nSPS) is 21.0. The van der Waals surface area contributed by atoms with Crippen molar-refractivity contribution < 1.29 is 14.5 Å². The molecule has 1 heterocycles. The summed E-state index contributed by atoms with van der Waals surface area (Å²) in [4.78, 5) is 25.4. The van der Waals surface area contributed by atoms with Gasteiger partial charge in [0.1, 0.15) is 0 Å². The van der Waals surface area contributed by atoms with Gasteiger partial charge in [0.2, 0.25) is 5.91 Å². The van der Waals surface area contributed by atoms with Gasteiger partial charge in [0.25, 0.3) is 5.91 Å². The Hall–Kier alpha value is -2.66. The zero-order valence-electron chi connectivity index (χ0n) is 15.1. The van der Waals surface area contributed by atoms with Crippen molar-refractivity contribution in [3.05, 3.63) is 54.6 Å². The van der Waals surface area contributed by atoms with Crippen LogP contribution >= 0.6 is 0 Å². The van der Waals surface area contributed by atoms with Gasteiger partial charge in [-0.3, -0.25) is 9.59 Å². The molecule has 1 fully saturated rings. The Morgan fingerprint density at radius 1 is 1.12 bits per heavy atom. The van der Waals surface area contributed by atoms with Crippen LogP contribution in [0.15, 0.2) is 54.6 Å². The van der Waals surface area contributed by atoms with Gasteiger partial charge in [-0.1, -0.05) is 48.5 Å². The summed E-state index contributed by atoms with van der Waals surface area (Å²) in [6.07, 6.45) is 1.74. The maximum Gasteiger partial charge on any atom is 0.282 e. The van der Waals surface area contributed by atoms with E-state index in [2.05, 4.69) is 5.32 Å². The van der Waals surface area contributed by atoms with E-state index >= 15 is 0 Å². The van der Waals surface area contributed by atoms with Crippen LogP contribution in [0.2, 0.25) is 0 Å². The standard InChI is InChI=1S/C21H25N3O2/c1-15(24-13-7-10-17(14-24)20(22)25)21(26)23-19-12-6-5-11-18(19)16-8-3-2-4-9-16/h2-6,8-9,11-12,15,17H,7,10,13-14H2,1H3,(H2,22,25)(H,23,26)/p+1/t15-,17+/m1/s1. The number of carbonyl (C=O) groups is 2. The molecule has 1 aliphatic rings. The number of para-hydroxylation sites is 1. The number of carbonyl (C=O) groups excluding carboxylic acids is 2. The Balaban J connectivity index is 1.73. The van der Waals surface area contributed by atoms with Crippen LogP contribution in [0.3, 0.4) is 0 Å². The third kappa shape index (κ3) is 4.11. The minimum atomic E-state index is -0.260. The molecule has 0 aliphatic carbocycles. The molecule has 1 unspecified atom stereocenters. The number of nitrogens with one attached hydrogen (secondary N) is 2. The van der Waals surface area contributed by atoms with Gasteiger partial charge in [-0.05, 0) is 31.4 Å². The molecule has 26 heavy (non-hydrogen) atoms. The number of nitrogens with two attached hydrogens (primary N) is 1. The van der Waals surface area contributed by atoms with E-state index in [9.17, 15) is 9.59 Å². The van der Waals surface area contributed by atoms with Crippen molar-refractivity contribution in [2.24, 2.45) is 11.7 Å². The first-order chi connectivity index (χ1) is 12.6. The smallest absolute Gasteiger partial charge is 0.282 e. The second kappa shape index (κ2) is 8.15. The Bertz CT molecular complexity index is 776. The summed E-state index contributed by atoms with van der Waals surface area (Å²) in [7, 11) is 0. The fourth-order valence-electron chi connectivity index (χ4n) is 3.62. The van der Waals surface area contributed by atoms with Crippen molar-refractivity contribution in [2.45, 2.75) is 25.8 Å². The van der Waals surface area contributed by atoms with E-state index < -0.39 is 0 Å². The number of benzene rings is 2. The van der Waals surface area contributed by atoms with Crippen molar-refractivity contribution in [3.8, 4) is 11.1 Å². The Morgan fingerprint density at radius 2 is 1.81 bits per heavy atom. The highest BCUT2D eigenvalue weighted by Crippen LogP contribution is 2.27. The lowest BCUT2D eigenvalue weighted by atomic mass is 9.96. The first-order valence-electron chi connectivity index (χ1n) is 9.15. The average molecular weight is 352 g/mol. The molecule has 0 radical (unpaired) electrons. The highest BCUT2D eigenvalue weighted by Gasteiger charge is 2.33. The van der Waals surface area contributed by atoms with Crippen LogP contribution in [0.1, 0.15) is 19.8 Å². The highest BCUT2D eigenvalue weighted by atomic mass is 16.2. The lowest BCUT2D eigenvalue weighted by molar-refractivity contribution is -0.921. The van der Waals surface area contributed by atoms with Crippen LogP contribution in [0.5, 0.6) is 0 Å². The molecule has 1 saturated heterocycles. The number of anilines is 1. The molecule has 2 amide bonds. The fraction of sp³-hybridized carbons (Fsp3) is 0.333. The molecule has 0 spiro atoms. The quantitative estimate of drug-likeness (QED) is 0.762. The third-order valence-corrected chi connectivity index (χ3v) is 5.24. The molecule has 136 valence electrons. The average Bonchev–Trinajstić information content (AvgIpc) is 2.68. The molecule has 2 aromatic carbocycles. The lowest BCUT2D eigenvalue weighted by Crippen LogP contribution is -3.18. The van der Waals surface area contributed by atoms with E-state index in [0.29, 0.717) is 6.54 Å². The predicted octanol–water partition coefficient (Wildman–Crippen LogP) is 1.46. The minimum Gasteiger partial charge on any atom is -0.369 e. The molecule has 0 bridgehead atoms. The SMILES string of the molecule is C[C@H](C(=O)Nc1ccccc1-c1ccccc1)[NH+]1CCC[C@H](C(N)=O)C1. The molecule has 0 aromatic heterocycles. The van der Waals surface area contributed by atoms with Gasteiger partial charge in [-0.2, -0.15) is 0 Å². The summed E-state index contributed by atoms with van der Waals surface area (Å²) >= 11 is 0. The van der Waals surface area contributed by atoms with E-state index in [-0.39, 0.29) is 23.8 Å². The number of quaternary nitrogens is 1. The van der Waals surface area contributed by atoms with E-state index in [1.807, 2.05) is 61.5 Å². The van der Waals surface area contributed by atoms with Crippen molar-refractivity contribution in [1.82, 2.24) is 0 Å². The van der Waals surface area contributed by atoms with Crippen LogP contribution in [-0.2, 0) is 9.59 Å². The summed E-state index contributed by atoms with van der Waals surface area (Å²) in [5.74, 6) is -0.427. The Kier molecular flexibility index (Phi) is 5.68. The number of piperidine rings is 1. The molecule has 4 N–H and O–H groups in total. The van der Waals surface area contributed by atoms with Gasteiger partial charge in [0, 0.05) is 11.3 Å². The van der Waals surface area contributed by atoms with Crippen molar-refractivity contribution in [1.29, 1.82) is 0 Å². The van der Waals surface area contributed by atoms with Gasteiger partial charge in [0.05, 0.1) is 19.0 Å². The van der Waals surface area contributed by atoms with Crippen LogP contribution in [0, 0.1) is 5.92 Å². The topological polar surface area (TPSA) is 76.6 Å². The minimum absolute atomic E-state index is 0.0338. The second-order valence-electron chi connectivity index (χ2n) is 6.98. The monoisotopic (exact) mass is 352 g/mol. The van der Waals surface area contributed by atoms with Crippen molar-refractivity contribution >= 4 is 17.5 Å². The third-order valence-electron chi connectivity index (χ3n) is 5.24. The van der Waals surface area contributed by atoms with Crippen molar-refractivity contribution in [3.63, 3.8) is 0 Å². The number of amides is 2. The number of likely N-dealkylation sites (tertiary alicyclic amines) is 1.